The summed E-state index contributed by atoms with van der Waals surface area (Å²) >= 11 is 0. The van der Waals surface area contributed by atoms with Crippen molar-refractivity contribution >= 4 is 0 Å². The van der Waals surface area contributed by atoms with Crippen LogP contribution >= 0.6 is 0 Å². The van der Waals surface area contributed by atoms with Crippen LogP contribution in [0.15, 0.2) is 55.1 Å². The molecule has 2 aromatic heterocycles. The molecule has 0 bridgehead atoms. The lowest BCUT2D eigenvalue weighted by atomic mass is 9.83. The van der Waals surface area contributed by atoms with Gasteiger partial charge in [-0.25, -0.2) is 0 Å². The molecule has 0 N–H and O–H groups in total. The van der Waals surface area contributed by atoms with E-state index in [4.69, 9.17) is 4.74 Å². The Balaban J connectivity index is 0.000000784. The zero-order valence-corrected chi connectivity index (χ0v) is 25.1. The van der Waals surface area contributed by atoms with Crippen LogP contribution in [0.25, 0.3) is 11.3 Å². The standard InChI is InChI=1S/C25H27N3O.4C2H6/c1-16(2)25(19-4-5-19)20-6-3-18-7-8-23(29-24(18)13-20)22-15-27-21(14-28-22)17-9-11-26-12-10-17;4*1-2/h3,6,9-16,19,23,25H,4-5,7-8H2,1-2H3;4*1-2H3. The predicted molar refractivity (Wildman–Crippen MR) is 159 cm³/mol. The maximum atomic E-state index is 6.42. The zero-order valence-electron chi connectivity index (χ0n) is 25.1. The molecule has 3 heterocycles. The number of fused-ring (bicyclic) bond motifs is 1. The van der Waals surface area contributed by atoms with Gasteiger partial charge >= 0.3 is 0 Å². The molecule has 2 aliphatic rings. The minimum absolute atomic E-state index is 0.0323. The maximum Gasteiger partial charge on any atom is 0.142 e. The second kappa shape index (κ2) is 17.7. The third kappa shape index (κ3) is 8.94. The molecule has 37 heavy (non-hydrogen) atoms. The largest absolute Gasteiger partial charge is 0.484 e. The van der Waals surface area contributed by atoms with Crippen LogP contribution in [0.3, 0.4) is 0 Å². The van der Waals surface area contributed by atoms with Crippen LogP contribution in [0.4, 0.5) is 0 Å². The van der Waals surface area contributed by atoms with Gasteiger partial charge < -0.3 is 4.74 Å². The van der Waals surface area contributed by atoms with Crippen LogP contribution in [-0.2, 0) is 6.42 Å². The molecule has 1 aliphatic carbocycles. The van der Waals surface area contributed by atoms with E-state index in [1.54, 1.807) is 12.4 Å². The highest BCUT2D eigenvalue weighted by atomic mass is 16.5. The average molecular weight is 506 g/mol. The first kappa shape index (κ1) is 32.3. The number of aromatic nitrogens is 3. The lowest BCUT2D eigenvalue weighted by molar-refractivity contribution is 0.171. The third-order valence-corrected chi connectivity index (χ3v) is 6.25. The van der Waals surface area contributed by atoms with Crippen molar-refractivity contribution in [3.8, 4) is 17.0 Å². The van der Waals surface area contributed by atoms with Crippen LogP contribution < -0.4 is 4.74 Å². The van der Waals surface area contributed by atoms with E-state index in [0.29, 0.717) is 11.8 Å². The summed E-state index contributed by atoms with van der Waals surface area (Å²) in [5.41, 5.74) is 5.53. The molecule has 0 radical (unpaired) electrons. The van der Waals surface area contributed by atoms with Gasteiger partial charge in [-0.05, 0) is 72.8 Å². The molecular formula is C33H51N3O. The van der Waals surface area contributed by atoms with Crippen molar-refractivity contribution in [2.75, 3.05) is 0 Å². The first-order valence-corrected chi connectivity index (χ1v) is 14.7. The van der Waals surface area contributed by atoms with Gasteiger partial charge in [-0.2, -0.15) is 0 Å². The topological polar surface area (TPSA) is 47.9 Å². The van der Waals surface area contributed by atoms with E-state index >= 15 is 0 Å². The zero-order chi connectivity index (χ0) is 27.8. The predicted octanol–water partition coefficient (Wildman–Crippen LogP) is 9.86. The van der Waals surface area contributed by atoms with Crippen molar-refractivity contribution < 1.29 is 4.74 Å². The monoisotopic (exact) mass is 505 g/mol. The molecule has 4 heteroatoms. The number of hydrogen-bond donors (Lipinski definition) is 0. The minimum atomic E-state index is -0.0323. The Hall–Kier alpha value is -2.75. The Bertz CT molecular complexity index is 980. The summed E-state index contributed by atoms with van der Waals surface area (Å²) in [6.45, 7) is 20.7. The van der Waals surface area contributed by atoms with Crippen LogP contribution in [0, 0.1) is 11.8 Å². The van der Waals surface area contributed by atoms with Gasteiger partial charge in [-0.1, -0.05) is 81.4 Å². The molecule has 2 unspecified atom stereocenters. The van der Waals surface area contributed by atoms with Crippen molar-refractivity contribution in [2.24, 2.45) is 11.8 Å². The summed E-state index contributed by atoms with van der Waals surface area (Å²) in [6, 6.07) is 10.8. The number of benzene rings is 1. The van der Waals surface area contributed by atoms with Gasteiger partial charge in [0.05, 0.1) is 23.8 Å². The van der Waals surface area contributed by atoms with E-state index < -0.39 is 0 Å². The van der Waals surface area contributed by atoms with Crippen molar-refractivity contribution in [3.05, 3.63) is 71.9 Å². The van der Waals surface area contributed by atoms with Gasteiger partial charge in [0.2, 0.25) is 0 Å². The summed E-state index contributed by atoms with van der Waals surface area (Å²) in [5, 5.41) is 0. The summed E-state index contributed by atoms with van der Waals surface area (Å²) in [5.74, 6) is 3.18. The summed E-state index contributed by atoms with van der Waals surface area (Å²) in [6.07, 6.45) is 11.9. The fourth-order valence-corrected chi connectivity index (χ4v) is 4.63. The van der Waals surface area contributed by atoms with E-state index in [2.05, 4.69) is 47.0 Å². The Morgan fingerprint density at radius 1 is 0.784 bits per heavy atom. The normalized spacial score (nSPS) is 15.9. The number of ether oxygens (including phenoxy) is 1. The fraction of sp³-hybridized carbons (Fsp3) is 0.545. The van der Waals surface area contributed by atoms with Crippen LogP contribution in [0.1, 0.15) is 117 Å². The highest BCUT2D eigenvalue weighted by molar-refractivity contribution is 5.56. The molecule has 4 nitrogen and oxygen atoms in total. The highest BCUT2D eigenvalue weighted by Gasteiger charge is 2.35. The van der Waals surface area contributed by atoms with E-state index in [9.17, 15) is 0 Å². The van der Waals surface area contributed by atoms with E-state index in [1.165, 1.54) is 24.0 Å². The van der Waals surface area contributed by atoms with E-state index in [-0.39, 0.29) is 6.10 Å². The highest BCUT2D eigenvalue weighted by Crippen LogP contribution is 2.48. The molecule has 0 spiro atoms. The van der Waals surface area contributed by atoms with Gasteiger partial charge in [-0.3, -0.25) is 15.0 Å². The fourth-order valence-electron chi connectivity index (χ4n) is 4.63. The quantitative estimate of drug-likeness (QED) is 0.346. The summed E-state index contributed by atoms with van der Waals surface area (Å²) in [4.78, 5) is 13.3. The van der Waals surface area contributed by atoms with Crippen LogP contribution in [0.5, 0.6) is 5.75 Å². The van der Waals surface area contributed by atoms with Crippen molar-refractivity contribution in [1.29, 1.82) is 0 Å². The minimum Gasteiger partial charge on any atom is -0.484 e. The van der Waals surface area contributed by atoms with Crippen molar-refractivity contribution in [2.45, 2.75) is 107 Å². The average Bonchev–Trinajstić information content (AvgIpc) is 3.82. The second-order valence-electron chi connectivity index (χ2n) is 8.68. The Labute approximate surface area is 227 Å². The van der Waals surface area contributed by atoms with Gasteiger partial charge in [0.1, 0.15) is 11.9 Å². The molecule has 204 valence electrons. The van der Waals surface area contributed by atoms with Gasteiger partial charge in [0, 0.05) is 18.0 Å². The first-order chi connectivity index (χ1) is 18.2. The van der Waals surface area contributed by atoms with Gasteiger partial charge in [0.25, 0.3) is 0 Å². The lowest BCUT2D eigenvalue weighted by Crippen LogP contribution is -2.17. The molecule has 0 saturated heterocycles. The summed E-state index contributed by atoms with van der Waals surface area (Å²) in [7, 11) is 0. The molecule has 2 atom stereocenters. The van der Waals surface area contributed by atoms with Crippen molar-refractivity contribution in [1.82, 2.24) is 15.0 Å². The Kier molecular flexibility index (Phi) is 15.4. The summed E-state index contributed by atoms with van der Waals surface area (Å²) < 4.78 is 6.42. The molecule has 1 aromatic carbocycles. The maximum absolute atomic E-state index is 6.42. The molecular weight excluding hydrogens is 454 g/mol. The molecule has 1 fully saturated rings. The molecule has 5 rings (SSSR count). The number of nitrogens with zero attached hydrogens (tertiary/aromatic N) is 3. The molecule has 1 aliphatic heterocycles. The third-order valence-electron chi connectivity index (χ3n) is 6.25. The number of aryl methyl sites for hydroxylation is 1. The number of rotatable bonds is 5. The molecule has 0 amide bonds. The van der Waals surface area contributed by atoms with Gasteiger partial charge in [0.15, 0.2) is 0 Å². The molecule has 3 aromatic rings. The number of pyridine rings is 1. The molecule has 1 saturated carbocycles. The number of hydrogen-bond acceptors (Lipinski definition) is 4. The van der Waals surface area contributed by atoms with Crippen LogP contribution in [-0.4, -0.2) is 15.0 Å². The second-order valence-corrected chi connectivity index (χ2v) is 8.68. The van der Waals surface area contributed by atoms with E-state index in [1.807, 2.05) is 79.9 Å². The Morgan fingerprint density at radius 2 is 1.43 bits per heavy atom. The van der Waals surface area contributed by atoms with Crippen LogP contribution in [0.2, 0.25) is 0 Å². The smallest absolute Gasteiger partial charge is 0.142 e. The van der Waals surface area contributed by atoms with E-state index in [0.717, 1.165) is 41.5 Å². The Morgan fingerprint density at radius 3 is 1.97 bits per heavy atom. The lowest BCUT2D eigenvalue weighted by Gasteiger charge is -2.28. The van der Waals surface area contributed by atoms with Gasteiger partial charge in [-0.15, -0.1) is 0 Å². The SMILES string of the molecule is CC.CC.CC.CC.CC(C)C(c1ccc2c(c1)OC(c1cnc(-c3ccncc3)cn1)CC2)C1CC1. The first-order valence-electron chi connectivity index (χ1n) is 14.7. The van der Waals surface area contributed by atoms with Crippen molar-refractivity contribution in [3.63, 3.8) is 0 Å².